The number of hydrogen-bond acceptors (Lipinski definition) is 5. The van der Waals surface area contributed by atoms with Crippen LogP contribution in [0, 0.1) is 17.7 Å². The smallest absolute Gasteiger partial charge is 0.279 e. The molecule has 5 nitrogen and oxygen atoms in total. The highest BCUT2D eigenvalue weighted by molar-refractivity contribution is 7.20. The largest absolute Gasteiger partial charge is 0.431 e. The molecule has 1 aromatic heterocycles. The molecule has 1 aliphatic heterocycles. The molecule has 0 bridgehead atoms. The fraction of sp³-hybridized carbons (Fsp3) is 0.364. The number of fused-ring (bicyclic) bond motifs is 2. The van der Waals surface area contributed by atoms with Crippen molar-refractivity contribution in [3.05, 3.63) is 53.8 Å². The van der Waals surface area contributed by atoms with Gasteiger partial charge in [0.1, 0.15) is 11.6 Å². The number of piperidine rings is 1. The molecule has 5 rings (SSSR count). The average molecular weight is 412 g/mol. The molecule has 29 heavy (non-hydrogen) atoms. The molecule has 1 N–H and O–H groups in total. The number of amides is 1. The van der Waals surface area contributed by atoms with Crippen LogP contribution < -0.4 is 10.1 Å². The summed E-state index contributed by atoms with van der Waals surface area (Å²) >= 11 is 1.44. The number of hydrogen-bond donors (Lipinski definition) is 1. The number of carbonyl (C=O) groups excluding carboxylic acids is 1. The van der Waals surface area contributed by atoms with Crippen LogP contribution in [0.1, 0.15) is 18.9 Å². The molecule has 150 valence electrons. The van der Waals surface area contributed by atoms with Crippen molar-refractivity contribution in [2.45, 2.75) is 25.9 Å². The molecule has 0 spiro atoms. The van der Waals surface area contributed by atoms with Gasteiger partial charge in [0, 0.05) is 44.2 Å². The lowest BCUT2D eigenvalue weighted by molar-refractivity contribution is -0.130. The number of benzene rings is 2. The second kappa shape index (κ2) is 7.39. The minimum atomic E-state index is -0.310. The summed E-state index contributed by atoms with van der Waals surface area (Å²) in [5.41, 5.74) is 1.46. The van der Waals surface area contributed by atoms with Gasteiger partial charge in [0.25, 0.3) is 5.19 Å². The van der Waals surface area contributed by atoms with E-state index in [1.54, 1.807) is 19.1 Å². The second-order valence-corrected chi connectivity index (χ2v) is 8.83. The van der Waals surface area contributed by atoms with Gasteiger partial charge < -0.3 is 15.0 Å². The van der Waals surface area contributed by atoms with E-state index >= 15 is 0 Å². The third kappa shape index (κ3) is 3.72. The van der Waals surface area contributed by atoms with E-state index in [1.165, 1.54) is 23.8 Å². The van der Waals surface area contributed by atoms with Crippen LogP contribution in [0.4, 0.5) is 4.39 Å². The predicted octanol–water partition coefficient (Wildman–Crippen LogP) is 4.18. The Labute approximate surface area is 172 Å². The average Bonchev–Trinajstić information content (AvgIpc) is 3.19. The Kier molecular flexibility index (Phi) is 4.72. The van der Waals surface area contributed by atoms with Gasteiger partial charge in [-0.05, 0) is 36.5 Å². The quantitative estimate of drug-likeness (QED) is 0.661. The number of rotatable bonds is 6. The van der Waals surface area contributed by atoms with Crippen molar-refractivity contribution in [2.24, 2.45) is 11.8 Å². The lowest BCUT2D eigenvalue weighted by atomic mass is 10.1. The highest BCUT2D eigenvalue weighted by atomic mass is 32.1. The number of ether oxygens (including phenoxy) is 1. The lowest BCUT2D eigenvalue weighted by Crippen LogP contribution is -2.43. The summed E-state index contributed by atoms with van der Waals surface area (Å²) < 4.78 is 21.3. The van der Waals surface area contributed by atoms with Crippen LogP contribution in [0.5, 0.6) is 10.9 Å². The van der Waals surface area contributed by atoms with E-state index in [2.05, 4.69) is 10.3 Å². The molecular formula is C22H22FN3O2S. The van der Waals surface area contributed by atoms with Crippen LogP contribution in [-0.4, -0.2) is 34.9 Å². The molecule has 0 radical (unpaired) electrons. The zero-order valence-electron chi connectivity index (χ0n) is 16.1. The van der Waals surface area contributed by atoms with Crippen molar-refractivity contribution in [3.8, 4) is 10.9 Å². The molecule has 3 unspecified atom stereocenters. The minimum absolute atomic E-state index is 0.131. The van der Waals surface area contributed by atoms with Gasteiger partial charge in [0.2, 0.25) is 5.91 Å². The highest BCUT2D eigenvalue weighted by Gasteiger charge is 2.52. The van der Waals surface area contributed by atoms with E-state index < -0.39 is 0 Å². The molecule has 3 atom stereocenters. The highest BCUT2D eigenvalue weighted by Crippen LogP contribution is 2.49. The van der Waals surface area contributed by atoms with Gasteiger partial charge in [-0.1, -0.05) is 29.5 Å². The van der Waals surface area contributed by atoms with Crippen molar-refractivity contribution in [3.63, 3.8) is 0 Å². The molecule has 2 fully saturated rings. The van der Waals surface area contributed by atoms with Gasteiger partial charge in [-0.2, -0.15) is 0 Å². The maximum atomic E-state index is 14.5. The summed E-state index contributed by atoms with van der Waals surface area (Å²) in [6, 6.07) is 12.9. The fourth-order valence-electron chi connectivity index (χ4n) is 4.28. The Morgan fingerprint density at radius 3 is 3.00 bits per heavy atom. The Balaban J connectivity index is 1.20. The molecule has 2 aliphatic rings. The number of carbonyl (C=O) groups is 1. The predicted molar refractivity (Wildman–Crippen MR) is 111 cm³/mol. The third-order valence-corrected chi connectivity index (χ3v) is 6.79. The van der Waals surface area contributed by atoms with Gasteiger partial charge in [-0.15, -0.1) is 0 Å². The van der Waals surface area contributed by atoms with Crippen LogP contribution in [0.25, 0.3) is 10.2 Å². The number of nitrogens with one attached hydrogen (secondary N) is 1. The maximum Gasteiger partial charge on any atom is 0.279 e. The molecule has 1 amide bonds. The summed E-state index contributed by atoms with van der Waals surface area (Å²) in [4.78, 5) is 18.1. The first kappa shape index (κ1) is 18.5. The SMILES string of the molecule is CC(=O)N1CC2CC2C1CNCc1ccc(Oc2nc3ccccc3s2)cc1F. The van der Waals surface area contributed by atoms with Gasteiger partial charge in [-0.25, -0.2) is 9.37 Å². The summed E-state index contributed by atoms with van der Waals surface area (Å²) in [7, 11) is 0. The first-order chi connectivity index (χ1) is 14.1. The van der Waals surface area contributed by atoms with E-state index in [0.717, 1.165) is 16.8 Å². The number of thiazole rings is 1. The lowest BCUT2D eigenvalue weighted by Gasteiger charge is -2.26. The van der Waals surface area contributed by atoms with Crippen LogP contribution in [0.2, 0.25) is 0 Å². The second-order valence-electron chi connectivity index (χ2n) is 7.83. The first-order valence-corrected chi connectivity index (χ1v) is 10.7. The molecule has 2 aromatic carbocycles. The van der Waals surface area contributed by atoms with Crippen molar-refractivity contribution in [1.82, 2.24) is 15.2 Å². The van der Waals surface area contributed by atoms with Gasteiger partial charge >= 0.3 is 0 Å². The fourth-order valence-corrected chi connectivity index (χ4v) is 5.12. The molecule has 3 aromatic rings. The molecule has 2 heterocycles. The number of nitrogens with zero attached hydrogens (tertiary/aromatic N) is 2. The molecule has 1 saturated heterocycles. The van der Waals surface area contributed by atoms with Crippen molar-refractivity contribution in [1.29, 1.82) is 0 Å². The van der Waals surface area contributed by atoms with Crippen molar-refractivity contribution >= 4 is 27.5 Å². The minimum Gasteiger partial charge on any atom is -0.431 e. The Morgan fingerprint density at radius 1 is 1.34 bits per heavy atom. The van der Waals surface area contributed by atoms with E-state index in [0.29, 0.717) is 41.4 Å². The van der Waals surface area contributed by atoms with E-state index in [-0.39, 0.29) is 17.8 Å². The zero-order valence-corrected chi connectivity index (χ0v) is 16.9. The Morgan fingerprint density at radius 2 is 2.21 bits per heavy atom. The van der Waals surface area contributed by atoms with Crippen LogP contribution in [0.3, 0.4) is 0 Å². The van der Waals surface area contributed by atoms with Gasteiger partial charge in [0.15, 0.2) is 0 Å². The summed E-state index contributed by atoms with van der Waals surface area (Å²) in [5, 5.41) is 3.83. The zero-order chi connectivity index (χ0) is 20.0. The molecular weight excluding hydrogens is 389 g/mol. The number of para-hydroxylation sites is 1. The normalized spacial score (nSPS) is 22.7. The number of likely N-dealkylation sites (tertiary alicyclic amines) is 1. The van der Waals surface area contributed by atoms with Crippen LogP contribution in [-0.2, 0) is 11.3 Å². The van der Waals surface area contributed by atoms with Crippen LogP contribution >= 0.6 is 11.3 Å². The standard InChI is InChI=1S/C22H22FN3O2S/c1-13(27)26-12-15-8-17(15)20(26)11-24-10-14-6-7-16(9-18(14)23)28-22-25-19-4-2-3-5-21(19)29-22/h2-7,9,15,17,20,24H,8,10-12H2,1H3. The van der Waals surface area contributed by atoms with Gasteiger partial charge in [-0.3, -0.25) is 4.79 Å². The van der Waals surface area contributed by atoms with Gasteiger partial charge in [0.05, 0.1) is 10.2 Å². The first-order valence-electron chi connectivity index (χ1n) is 9.88. The number of halogens is 1. The van der Waals surface area contributed by atoms with Crippen molar-refractivity contribution in [2.75, 3.05) is 13.1 Å². The molecule has 7 heteroatoms. The summed E-state index contributed by atoms with van der Waals surface area (Å²) in [5.74, 6) is 1.54. The number of aromatic nitrogens is 1. The Bertz CT molecular complexity index is 1040. The van der Waals surface area contributed by atoms with E-state index in [1.807, 2.05) is 29.2 Å². The maximum absolute atomic E-state index is 14.5. The molecule has 1 saturated carbocycles. The summed E-state index contributed by atoms with van der Waals surface area (Å²) in [6.07, 6.45) is 1.21. The molecule has 1 aliphatic carbocycles. The third-order valence-electron chi connectivity index (χ3n) is 5.88. The monoisotopic (exact) mass is 411 g/mol. The van der Waals surface area contributed by atoms with E-state index in [9.17, 15) is 9.18 Å². The van der Waals surface area contributed by atoms with Crippen LogP contribution in [0.15, 0.2) is 42.5 Å². The summed E-state index contributed by atoms with van der Waals surface area (Å²) in [6.45, 7) is 3.62. The Hall–Kier alpha value is -2.51. The van der Waals surface area contributed by atoms with Crippen molar-refractivity contribution < 1.29 is 13.9 Å². The van der Waals surface area contributed by atoms with E-state index in [4.69, 9.17) is 4.74 Å². The topological polar surface area (TPSA) is 54.5 Å².